The van der Waals surface area contributed by atoms with E-state index in [1.165, 1.54) is 4.57 Å². The highest BCUT2D eigenvalue weighted by molar-refractivity contribution is 7.26. The second kappa shape index (κ2) is 15.8. The number of fused-ring (bicyclic) bond motifs is 20. The topological polar surface area (TPSA) is 61.0 Å². The molecule has 17 aromatic rings. The lowest BCUT2D eigenvalue weighted by Gasteiger charge is -2.27. The number of aryl methyl sites for hydroxylation is 2. The van der Waals surface area contributed by atoms with Crippen LogP contribution in [0.5, 0.6) is 0 Å². The fraction of sp³-hybridized carbons (Fsp3) is 0.0423. The molecular formula is C71H42N6OS. The van der Waals surface area contributed by atoms with Crippen molar-refractivity contribution < 1.29 is 20.9 Å². The van der Waals surface area contributed by atoms with Gasteiger partial charge in [0.1, 0.15) is 11.7 Å². The van der Waals surface area contributed by atoms with Crippen LogP contribution in [0.15, 0.2) is 204 Å². The van der Waals surface area contributed by atoms with E-state index in [9.17, 15) is 21.4 Å². The molecule has 0 radical (unpaired) electrons. The van der Waals surface area contributed by atoms with Crippen LogP contribution in [0.1, 0.15) is 38.7 Å². The second-order valence-corrected chi connectivity index (χ2v) is 21.2. The molecule has 0 saturated carbocycles. The van der Waals surface area contributed by atoms with Gasteiger partial charge in [-0.25, -0.2) is 4.85 Å². The SMILES string of the molecule is [2H]c1c([2H])c([2H])c2c(oc3c2c([2H])c([2H])c2c4c([2H])c(C([2H])([2H])[2H])c([2H])c([2H])c4n(-c4c(C#N)c(-n5c6ccccc6c6ccccc65)c(-n5c6cc(C)c(C)cc6c6ccc7c8ccccc8sc7c65)c(-n5c6ccccc6c6ccccc65)c4[N+]#[C-])c32)c1[2H]. The van der Waals surface area contributed by atoms with Gasteiger partial charge in [-0.15, -0.1) is 11.3 Å². The Bertz CT molecular complexity index is 6120. The molecule has 0 aliphatic heterocycles. The lowest BCUT2D eigenvalue weighted by Crippen LogP contribution is -2.14. The smallest absolute Gasteiger partial charge is 0.237 e. The Labute approximate surface area is 472 Å². The van der Waals surface area contributed by atoms with Gasteiger partial charge in [0.2, 0.25) is 5.69 Å². The highest BCUT2D eigenvalue weighted by Gasteiger charge is 2.36. The van der Waals surface area contributed by atoms with E-state index in [2.05, 4.69) is 58.8 Å². The van der Waals surface area contributed by atoms with Gasteiger partial charge in [0.05, 0.1) is 96.1 Å². The van der Waals surface area contributed by atoms with Crippen molar-refractivity contribution in [1.82, 2.24) is 18.3 Å². The van der Waals surface area contributed by atoms with Crippen LogP contribution in [0.2, 0.25) is 0 Å². The van der Waals surface area contributed by atoms with Crippen LogP contribution in [0.25, 0.3) is 157 Å². The number of thiophene rings is 1. The molecule has 0 aliphatic carbocycles. The number of hydrogen-bond donors (Lipinski definition) is 0. The van der Waals surface area contributed by atoms with Crippen molar-refractivity contribution in [3.05, 3.63) is 234 Å². The molecule has 6 heterocycles. The van der Waals surface area contributed by atoms with Gasteiger partial charge in [-0.3, -0.25) is 0 Å². The molecule has 0 N–H and O–H groups in total. The molecule has 0 amide bonds. The zero-order valence-corrected chi connectivity index (χ0v) is 42.7. The molecule has 0 bridgehead atoms. The summed E-state index contributed by atoms with van der Waals surface area (Å²) in [6, 6.07) is 44.5. The van der Waals surface area contributed by atoms with E-state index in [-0.39, 0.29) is 72.1 Å². The number of nitrogens with zero attached hydrogens (tertiary/aromatic N) is 6. The number of para-hydroxylation sites is 5. The summed E-state index contributed by atoms with van der Waals surface area (Å²) < 4.78 is 128. The van der Waals surface area contributed by atoms with Crippen molar-refractivity contribution in [3.63, 3.8) is 0 Å². The molecule has 79 heavy (non-hydrogen) atoms. The van der Waals surface area contributed by atoms with E-state index < -0.39 is 66.8 Å². The highest BCUT2D eigenvalue weighted by Crippen LogP contribution is 2.54. The average Bonchev–Trinajstić information content (AvgIpc) is 1.54. The van der Waals surface area contributed by atoms with Crippen LogP contribution in [-0.2, 0) is 0 Å². The van der Waals surface area contributed by atoms with Crippen molar-refractivity contribution in [2.75, 3.05) is 0 Å². The number of rotatable bonds is 4. The number of benzene rings is 11. The number of hydrogen-bond acceptors (Lipinski definition) is 3. The molecule has 8 heteroatoms. The monoisotopic (exact) mass is 1040 g/mol. The Morgan fingerprint density at radius 1 is 0.506 bits per heavy atom. The van der Waals surface area contributed by atoms with Crippen molar-refractivity contribution in [1.29, 1.82) is 5.26 Å². The first kappa shape index (κ1) is 33.6. The first-order valence-corrected chi connectivity index (χ1v) is 26.4. The molecule has 0 aliphatic rings. The van der Waals surface area contributed by atoms with Crippen LogP contribution < -0.4 is 0 Å². The maximum Gasteiger partial charge on any atom is 0.237 e. The largest absolute Gasteiger partial charge is 0.454 e. The first-order chi connectivity index (χ1) is 43.9. The summed E-state index contributed by atoms with van der Waals surface area (Å²) in [6.45, 7) is 11.0. The Balaban J connectivity index is 1.25. The molecular weight excluding hydrogens is 985 g/mol. The quantitative estimate of drug-likeness (QED) is 0.165. The first-order valence-electron chi connectivity index (χ1n) is 31.6. The zero-order valence-electron chi connectivity index (χ0n) is 53.9. The molecule has 7 nitrogen and oxygen atoms in total. The van der Waals surface area contributed by atoms with Gasteiger partial charge >= 0.3 is 0 Å². The summed E-state index contributed by atoms with van der Waals surface area (Å²) in [7, 11) is 0. The Kier molecular flexibility index (Phi) is 6.74. The van der Waals surface area contributed by atoms with Gasteiger partial charge in [-0.1, -0.05) is 139 Å². The van der Waals surface area contributed by atoms with E-state index in [0.29, 0.717) is 27.8 Å². The minimum Gasteiger partial charge on any atom is -0.454 e. The van der Waals surface area contributed by atoms with Gasteiger partial charge in [0, 0.05) is 73.4 Å². The third-order valence-electron chi connectivity index (χ3n) is 16.1. The number of furan rings is 1. The molecule has 17 rings (SSSR count). The van der Waals surface area contributed by atoms with Crippen molar-refractivity contribution in [2.24, 2.45) is 0 Å². The van der Waals surface area contributed by atoms with Crippen LogP contribution in [-0.4, -0.2) is 18.3 Å². The van der Waals surface area contributed by atoms with Gasteiger partial charge in [-0.05, 0) is 98.5 Å². The minimum atomic E-state index is -3.18. The summed E-state index contributed by atoms with van der Waals surface area (Å²) in [6.07, 6.45) is 0. The third kappa shape index (κ3) is 5.67. The van der Waals surface area contributed by atoms with Crippen molar-refractivity contribution in [3.8, 4) is 28.8 Å². The molecule has 11 aromatic carbocycles. The molecule has 0 fully saturated rings. The minimum absolute atomic E-state index is 0.189. The molecule has 0 unspecified atom stereocenters. The standard InChI is InChI=1S/C71H42N6OS/c1-39-29-34-59-52(35-39)48-30-32-50-46-21-9-15-27-61(46)78-70(50)66(48)76(59)64-54(38-72)65(74-55-23-11-5-17-42(55)43-18-6-12-24-56(43)74)69(68(63(64)73-4)75-57-25-13-7-19-44(57)45-20-8-14-26-58(45)75)77-60-37-41(3)40(2)36-53(60)49-31-33-51-47-22-10-16-28-62(47)79-71(51)67(49)77/h5-37H,1-3H3/i1D3,9D,15D,21D,27D,29D,30D,32D,34D,35D. The second-order valence-electron chi connectivity index (χ2n) is 20.1. The van der Waals surface area contributed by atoms with E-state index in [1.807, 2.05) is 125 Å². The number of nitriles is 1. The molecule has 6 aromatic heterocycles. The predicted octanol–water partition coefficient (Wildman–Crippen LogP) is 19.7. The maximum atomic E-state index is 13.0. The fourth-order valence-corrected chi connectivity index (χ4v) is 14.0. The zero-order chi connectivity index (χ0) is 62.9. The molecule has 0 saturated heterocycles. The lowest BCUT2D eigenvalue weighted by molar-refractivity contribution is 0.671. The summed E-state index contributed by atoms with van der Waals surface area (Å²) >= 11 is 1.63. The summed E-state index contributed by atoms with van der Waals surface area (Å²) in [5.41, 5.74) is 4.16. The van der Waals surface area contributed by atoms with Gasteiger partial charge < -0.3 is 22.7 Å². The lowest BCUT2D eigenvalue weighted by atomic mass is 10.0. The Hall–Kier alpha value is -10.4. The number of aromatic nitrogens is 4. The van der Waals surface area contributed by atoms with Crippen LogP contribution in [0, 0.1) is 38.6 Å². The molecule has 0 spiro atoms. The van der Waals surface area contributed by atoms with Crippen LogP contribution >= 0.6 is 11.3 Å². The molecule has 0 atom stereocenters. The fourth-order valence-electron chi connectivity index (χ4n) is 12.7. The Morgan fingerprint density at radius 2 is 1.10 bits per heavy atom. The average molecular weight is 1040 g/mol. The van der Waals surface area contributed by atoms with Crippen LogP contribution in [0.4, 0.5) is 5.69 Å². The summed E-state index contributed by atoms with van der Waals surface area (Å²) in [4.78, 5) is 4.64. The van der Waals surface area contributed by atoms with E-state index in [1.54, 1.807) is 11.3 Å². The third-order valence-corrected chi connectivity index (χ3v) is 17.3. The van der Waals surface area contributed by atoms with E-state index in [4.69, 9.17) is 11.3 Å². The van der Waals surface area contributed by atoms with Gasteiger partial charge in [0.25, 0.3) is 0 Å². The van der Waals surface area contributed by atoms with E-state index >= 15 is 0 Å². The summed E-state index contributed by atoms with van der Waals surface area (Å²) in [5.74, 6) is 0. The Morgan fingerprint density at radius 3 is 1.77 bits per heavy atom. The predicted molar refractivity (Wildman–Crippen MR) is 329 cm³/mol. The van der Waals surface area contributed by atoms with Crippen molar-refractivity contribution in [2.45, 2.75) is 20.7 Å². The van der Waals surface area contributed by atoms with Crippen LogP contribution in [0.3, 0.4) is 0 Å². The summed E-state index contributed by atoms with van der Waals surface area (Å²) in [5, 5.41) is 18.8. The normalized spacial score (nSPS) is 14.5. The van der Waals surface area contributed by atoms with Gasteiger partial charge in [-0.2, -0.15) is 5.26 Å². The highest BCUT2D eigenvalue weighted by atomic mass is 32.1. The van der Waals surface area contributed by atoms with Crippen molar-refractivity contribution >= 4 is 146 Å². The van der Waals surface area contributed by atoms with E-state index in [0.717, 1.165) is 74.6 Å². The molecule has 368 valence electrons. The van der Waals surface area contributed by atoms with Gasteiger partial charge in [0.15, 0.2) is 5.58 Å². The maximum absolute atomic E-state index is 13.0.